The van der Waals surface area contributed by atoms with Crippen LogP contribution in [-0.2, 0) is 6.54 Å². The number of aromatic nitrogens is 3. The Morgan fingerprint density at radius 2 is 2.11 bits per heavy atom. The van der Waals surface area contributed by atoms with E-state index in [-0.39, 0.29) is 5.38 Å². The van der Waals surface area contributed by atoms with E-state index in [0.29, 0.717) is 16.6 Å². The predicted molar refractivity (Wildman–Crippen MR) is 74.5 cm³/mol. The predicted octanol–water partition coefficient (Wildman–Crippen LogP) is 4.32. The molecule has 1 heterocycles. The normalized spacial score (nSPS) is 12.7. The minimum Gasteiger partial charge on any atom is -0.248 e. The largest absolute Gasteiger partial charge is 0.248 e. The lowest BCUT2D eigenvalue weighted by Crippen LogP contribution is -2.01. The van der Waals surface area contributed by atoms with Crippen LogP contribution in [0, 0.1) is 0 Å². The van der Waals surface area contributed by atoms with E-state index in [2.05, 4.69) is 10.3 Å². The van der Waals surface area contributed by atoms with E-state index >= 15 is 0 Å². The molecule has 1 unspecified atom stereocenters. The molecule has 0 aliphatic heterocycles. The smallest absolute Gasteiger partial charge is 0.101 e. The van der Waals surface area contributed by atoms with Gasteiger partial charge in [0.25, 0.3) is 0 Å². The van der Waals surface area contributed by atoms with Crippen molar-refractivity contribution in [2.45, 2.75) is 25.3 Å². The molecule has 0 bridgehead atoms. The van der Waals surface area contributed by atoms with Crippen LogP contribution in [0.1, 0.15) is 30.0 Å². The van der Waals surface area contributed by atoms with Crippen LogP contribution in [0.2, 0.25) is 10.0 Å². The van der Waals surface area contributed by atoms with Gasteiger partial charge in [-0.1, -0.05) is 47.5 Å². The Balaban J connectivity index is 2.19. The third-order valence-electron chi connectivity index (χ3n) is 2.60. The van der Waals surface area contributed by atoms with Crippen LogP contribution in [0.5, 0.6) is 0 Å². The van der Waals surface area contributed by atoms with Gasteiger partial charge in [0.1, 0.15) is 5.69 Å². The summed E-state index contributed by atoms with van der Waals surface area (Å²) in [4.78, 5) is 0. The highest BCUT2D eigenvalue weighted by Crippen LogP contribution is 2.26. The highest BCUT2D eigenvalue weighted by molar-refractivity contribution is 6.42. The Hall–Kier alpha value is -0.770. The van der Waals surface area contributed by atoms with E-state index in [9.17, 15) is 0 Å². The maximum Gasteiger partial charge on any atom is 0.101 e. The molecule has 0 amide bonds. The van der Waals surface area contributed by atoms with Crippen molar-refractivity contribution >= 4 is 34.8 Å². The molecule has 0 spiro atoms. The van der Waals surface area contributed by atoms with Crippen molar-refractivity contribution in [3.8, 4) is 0 Å². The van der Waals surface area contributed by atoms with Gasteiger partial charge in [0.2, 0.25) is 0 Å². The quantitative estimate of drug-likeness (QED) is 0.787. The molecule has 0 saturated carbocycles. The van der Waals surface area contributed by atoms with E-state index in [4.69, 9.17) is 34.8 Å². The summed E-state index contributed by atoms with van der Waals surface area (Å²) in [5.41, 5.74) is 1.68. The van der Waals surface area contributed by atoms with Gasteiger partial charge in [-0.05, 0) is 18.1 Å². The second kappa shape index (κ2) is 5.91. The maximum absolute atomic E-state index is 6.12. The zero-order valence-electron chi connectivity index (χ0n) is 9.78. The monoisotopic (exact) mass is 303 g/mol. The molecule has 0 fully saturated rings. The molecule has 2 aromatic rings. The lowest BCUT2D eigenvalue weighted by atomic mass is 10.2. The molecule has 6 heteroatoms. The molecule has 1 atom stereocenters. The summed E-state index contributed by atoms with van der Waals surface area (Å²) < 4.78 is 1.71. The highest BCUT2D eigenvalue weighted by atomic mass is 35.5. The van der Waals surface area contributed by atoms with E-state index in [0.717, 1.165) is 17.7 Å². The summed E-state index contributed by atoms with van der Waals surface area (Å²) in [5, 5.41) is 9.06. The van der Waals surface area contributed by atoms with Gasteiger partial charge in [-0.25, -0.2) is 4.68 Å². The second-order valence-electron chi connectivity index (χ2n) is 3.93. The average Bonchev–Trinajstić information content (AvgIpc) is 2.82. The number of rotatable bonds is 4. The van der Waals surface area contributed by atoms with E-state index < -0.39 is 0 Å². The number of halogens is 3. The van der Waals surface area contributed by atoms with Crippen LogP contribution in [0.3, 0.4) is 0 Å². The molecule has 2 rings (SSSR count). The Labute approximate surface area is 121 Å². The van der Waals surface area contributed by atoms with Crippen molar-refractivity contribution < 1.29 is 0 Å². The van der Waals surface area contributed by atoms with Gasteiger partial charge in [-0.3, -0.25) is 0 Å². The van der Waals surface area contributed by atoms with Gasteiger partial charge >= 0.3 is 0 Å². The van der Waals surface area contributed by atoms with Crippen molar-refractivity contribution in [1.82, 2.24) is 15.0 Å². The van der Waals surface area contributed by atoms with Crippen molar-refractivity contribution in [3.05, 3.63) is 45.7 Å². The molecular formula is C12H12Cl3N3. The van der Waals surface area contributed by atoms with Crippen LogP contribution in [-0.4, -0.2) is 15.0 Å². The molecule has 1 aromatic carbocycles. The number of alkyl halides is 1. The van der Waals surface area contributed by atoms with Crippen LogP contribution in [0.4, 0.5) is 0 Å². The first-order valence-electron chi connectivity index (χ1n) is 5.58. The average molecular weight is 305 g/mol. The van der Waals surface area contributed by atoms with Crippen LogP contribution in [0.25, 0.3) is 0 Å². The van der Waals surface area contributed by atoms with E-state index in [1.807, 2.05) is 25.3 Å². The topological polar surface area (TPSA) is 30.7 Å². The fourth-order valence-corrected chi connectivity index (χ4v) is 2.07. The van der Waals surface area contributed by atoms with Crippen molar-refractivity contribution in [1.29, 1.82) is 0 Å². The lowest BCUT2D eigenvalue weighted by molar-refractivity contribution is 0.649. The molecule has 0 saturated heterocycles. The highest BCUT2D eigenvalue weighted by Gasteiger charge is 2.11. The number of hydrogen-bond acceptors (Lipinski definition) is 2. The summed E-state index contributed by atoms with van der Waals surface area (Å²) >= 11 is 18.2. The standard InChI is InChI=1S/C12H12Cl3N3/c1-2-9(13)11-7-18(17-16-11)6-8-4-3-5-10(14)12(8)15/h3-5,7,9H,2,6H2,1H3. The zero-order chi connectivity index (χ0) is 13.1. The minimum absolute atomic E-state index is 0.103. The molecule has 96 valence electrons. The summed E-state index contributed by atoms with van der Waals surface area (Å²) in [6.07, 6.45) is 2.65. The summed E-state index contributed by atoms with van der Waals surface area (Å²) in [5.74, 6) is 0. The van der Waals surface area contributed by atoms with Crippen molar-refractivity contribution in [2.24, 2.45) is 0 Å². The maximum atomic E-state index is 6.12. The zero-order valence-corrected chi connectivity index (χ0v) is 12.0. The number of hydrogen-bond donors (Lipinski definition) is 0. The van der Waals surface area contributed by atoms with Gasteiger partial charge in [-0.15, -0.1) is 16.7 Å². The SMILES string of the molecule is CCC(Cl)c1cn(Cc2cccc(Cl)c2Cl)nn1. The van der Waals surface area contributed by atoms with Gasteiger partial charge in [-0.2, -0.15) is 0 Å². The van der Waals surface area contributed by atoms with Crippen LogP contribution < -0.4 is 0 Å². The lowest BCUT2D eigenvalue weighted by Gasteiger charge is -2.05. The fraction of sp³-hybridized carbons (Fsp3) is 0.333. The summed E-state index contributed by atoms with van der Waals surface area (Å²) in [7, 11) is 0. The molecule has 0 radical (unpaired) electrons. The van der Waals surface area contributed by atoms with Gasteiger partial charge in [0.05, 0.1) is 28.2 Å². The van der Waals surface area contributed by atoms with Gasteiger partial charge in [0.15, 0.2) is 0 Å². The Bertz CT molecular complexity index is 539. The Morgan fingerprint density at radius 3 is 2.83 bits per heavy atom. The first kappa shape index (κ1) is 13.7. The first-order valence-corrected chi connectivity index (χ1v) is 6.78. The fourth-order valence-electron chi connectivity index (χ4n) is 1.59. The number of benzene rings is 1. The second-order valence-corrected chi connectivity index (χ2v) is 5.24. The third-order valence-corrected chi connectivity index (χ3v) is 3.99. The molecule has 0 aliphatic carbocycles. The number of nitrogens with zero attached hydrogens (tertiary/aromatic N) is 3. The van der Waals surface area contributed by atoms with Crippen LogP contribution in [0.15, 0.2) is 24.4 Å². The van der Waals surface area contributed by atoms with Crippen molar-refractivity contribution in [3.63, 3.8) is 0 Å². The molecule has 3 nitrogen and oxygen atoms in total. The molecular weight excluding hydrogens is 293 g/mol. The molecule has 18 heavy (non-hydrogen) atoms. The molecule has 1 aromatic heterocycles. The minimum atomic E-state index is -0.103. The molecule has 0 N–H and O–H groups in total. The van der Waals surface area contributed by atoms with E-state index in [1.165, 1.54) is 0 Å². The Morgan fingerprint density at radius 1 is 1.33 bits per heavy atom. The first-order chi connectivity index (χ1) is 8.61. The van der Waals surface area contributed by atoms with Gasteiger partial charge in [0, 0.05) is 0 Å². The third kappa shape index (κ3) is 2.97. The summed E-state index contributed by atoms with van der Waals surface area (Å²) in [6.45, 7) is 2.53. The molecule has 0 aliphatic rings. The van der Waals surface area contributed by atoms with Crippen molar-refractivity contribution in [2.75, 3.05) is 0 Å². The Kier molecular flexibility index (Phi) is 4.49. The van der Waals surface area contributed by atoms with Crippen LogP contribution >= 0.6 is 34.8 Å². The summed E-state index contributed by atoms with van der Waals surface area (Å²) in [6, 6.07) is 5.53. The van der Waals surface area contributed by atoms with E-state index in [1.54, 1.807) is 10.7 Å². The van der Waals surface area contributed by atoms with Gasteiger partial charge < -0.3 is 0 Å².